The Bertz CT molecular complexity index is 671. The van der Waals surface area contributed by atoms with Crippen molar-refractivity contribution in [3.8, 4) is 0 Å². The Morgan fingerprint density at radius 3 is 2.88 bits per heavy atom. The molecule has 0 saturated carbocycles. The van der Waals surface area contributed by atoms with Gasteiger partial charge in [-0.1, -0.05) is 19.1 Å². The van der Waals surface area contributed by atoms with E-state index in [1.165, 1.54) is 0 Å². The molecule has 0 aromatic carbocycles. The van der Waals surface area contributed by atoms with E-state index < -0.39 is 12.4 Å². The maximum Gasteiger partial charge on any atom is 0.245 e. The zero-order valence-corrected chi connectivity index (χ0v) is 19.8. The number of ether oxygens (including phenoxy) is 1. The molecule has 1 aliphatic heterocycles. The van der Waals surface area contributed by atoms with Crippen molar-refractivity contribution in [2.24, 2.45) is 4.99 Å². The topological polar surface area (TPSA) is 119 Å². The van der Waals surface area contributed by atoms with Crippen LogP contribution in [-0.2, 0) is 14.3 Å². The molecule has 1 saturated heterocycles. The lowest BCUT2D eigenvalue weighted by atomic mass is 10.0. The van der Waals surface area contributed by atoms with Gasteiger partial charge in [0.25, 0.3) is 0 Å². The summed E-state index contributed by atoms with van der Waals surface area (Å²) in [5, 5.41) is 18.6. The average molecular weight is 453 g/mol. The first kappa shape index (κ1) is 26.4. The summed E-state index contributed by atoms with van der Waals surface area (Å²) in [6.07, 6.45) is 4.08. The number of ketones is 1. The number of hydrogen-bond acceptors (Lipinski definition) is 8. The lowest BCUT2D eigenvalue weighted by molar-refractivity contribution is -0.136. The first-order valence-electron chi connectivity index (χ1n) is 11.5. The van der Waals surface area contributed by atoms with E-state index in [0.29, 0.717) is 31.6 Å². The Kier molecular flexibility index (Phi) is 11.3. The molecule has 32 heavy (non-hydrogen) atoms. The number of hydrogen-bond donors (Lipinski definition) is 4. The number of carbonyl (C=O) groups is 2. The van der Waals surface area contributed by atoms with E-state index in [9.17, 15) is 14.7 Å². The molecule has 0 radical (unpaired) electrons. The number of allylic oxidation sites excluding steroid dienone is 1. The van der Waals surface area contributed by atoms with Crippen molar-refractivity contribution in [1.82, 2.24) is 25.8 Å². The molecule has 10 heteroatoms. The summed E-state index contributed by atoms with van der Waals surface area (Å²) in [4.78, 5) is 33.6. The van der Waals surface area contributed by atoms with E-state index in [0.717, 1.165) is 26.2 Å². The fourth-order valence-corrected chi connectivity index (χ4v) is 3.93. The first-order valence-corrected chi connectivity index (χ1v) is 11.5. The normalized spacial score (nSPS) is 26.0. The lowest BCUT2D eigenvalue weighted by Crippen LogP contribution is -2.53. The summed E-state index contributed by atoms with van der Waals surface area (Å²) in [6.45, 7) is 8.01. The molecule has 4 atom stereocenters. The molecule has 0 aromatic rings. The molecule has 0 aromatic heterocycles. The van der Waals surface area contributed by atoms with E-state index in [2.05, 4.69) is 32.8 Å². The van der Waals surface area contributed by atoms with E-state index in [1.807, 2.05) is 31.0 Å². The summed E-state index contributed by atoms with van der Waals surface area (Å²) in [5.41, 5.74) is 0. The molecule has 1 aliphatic carbocycles. The molecule has 4 unspecified atom stereocenters. The van der Waals surface area contributed by atoms with Crippen LogP contribution in [0.4, 0.5) is 0 Å². The number of nitrogens with one attached hydrogen (secondary N) is 3. The standard InChI is InChI=1S/C22H40N6O4/c1-5-27(11-10-23-3)12-13-28-19(21(31)25-16(2)9-14-29)20(24-4)26-22(28)32-18-8-6-7-17(30)15-18/h6,8,16,18-19,22-23,29H,5,7,9-15H2,1-4H3,(H,24,26)(H,25,31). The predicted octanol–water partition coefficient (Wildman–Crippen LogP) is -0.695. The van der Waals surface area contributed by atoms with Crippen molar-refractivity contribution in [2.45, 2.75) is 57.6 Å². The van der Waals surface area contributed by atoms with E-state index in [1.54, 1.807) is 7.05 Å². The predicted molar refractivity (Wildman–Crippen MR) is 124 cm³/mol. The molecule has 2 aliphatic rings. The van der Waals surface area contributed by atoms with Crippen LogP contribution in [0.15, 0.2) is 17.1 Å². The van der Waals surface area contributed by atoms with Gasteiger partial charge in [0.05, 0.1) is 6.10 Å². The number of carbonyl (C=O) groups excluding carboxylic acids is 2. The quantitative estimate of drug-likeness (QED) is 0.271. The van der Waals surface area contributed by atoms with Crippen molar-refractivity contribution in [1.29, 1.82) is 0 Å². The molecule has 0 bridgehead atoms. The fourth-order valence-electron chi connectivity index (χ4n) is 3.93. The molecule has 10 nitrogen and oxygen atoms in total. The van der Waals surface area contributed by atoms with Gasteiger partial charge in [-0.05, 0) is 26.9 Å². The number of aliphatic imine (C=N–C) groups is 1. The van der Waals surface area contributed by atoms with Crippen LogP contribution in [0.5, 0.6) is 0 Å². The minimum Gasteiger partial charge on any atom is -0.396 e. The number of nitrogens with zero attached hydrogens (tertiary/aromatic N) is 3. The Hall–Kier alpha value is -1.85. The Balaban J connectivity index is 2.18. The highest BCUT2D eigenvalue weighted by Crippen LogP contribution is 2.20. The first-order chi connectivity index (χ1) is 15.4. The SMILES string of the molecule is CCN(CCNC)CCN1C(OC2C=CCC(=O)C2)NC(=NC)C1C(=O)NC(C)CCO. The molecular formula is C22H40N6O4. The molecule has 4 N–H and O–H groups in total. The molecular weight excluding hydrogens is 412 g/mol. The van der Waals surface area contributed by atoms with Gasteiger partial charge in [-0.3, -0.25) is 14.6 Å². The molecule has 2 rings (SSSR count). The smallest absolute Gasteiger partial charge is 0.245 e. The van der Waals surface area contributed by atoms with Crippen LogP contribution in [0.25, 0.3) is 0 Å². The number of amides is 1. The van der Waals surface area contributed by atoms with Crippen LogP contribution in [0.1, 0.15) is 33.1 Å². The number of rotatable bonds is 13. The molecule has 1 heterocycles. The Labute approximate surface area is 191 Å². The molecule has 182 valence electrons. The third-order valence-electron chi connectivity index (χ3n) is 5.83. The number of aliphatic hydroxyl groups excluding tert-OH is 1. The summed E-state index contributed by atoms with van der Waals surface area (Å²) >= 11 is 0. The third-order valence-corrected chi connectivity index (χ3v) is 5.83. The summed E-state index contributed by atoms with van der Waals surface area (Å²) in [6, 6.07) is -0.786. The fraction of sp³-hybridized carbons (Fsp3) is 0.773. The zero-order valence-electron chi connectivity index (χ0n) is 19.8. The number of Topliss-reactive ketones (excluding diaryl/α,β-unsaturated/α-hetero) is 1. The second-order valence-electron chi connectivity index (χ2n) is 8.26. The Morgan fingerprint density at radius 1 is 1.47 bits per heavy atom. The van der Waals surface area contributed by atoms with Crippen LogP contribution >= 0.6 is 0 Å². The van der Waals surface area contributed by atoms with Crippen molar-refractivity contribution < 1.29 is 19.4 Å². The minimum absolute atomic E-state index is 0.00745. The van der Waals surface area contributed by atoms with Crippen LogP contribution in [-0.4, -0.2) is 110 Å². The van der Waals surface area contributed by atoms with Crippen LogP contribution in [0.3, 0.4) is 0 Å². The number of aliphatic hydroxyl groups is 1. The van der Waals surface area contributed by atoms with Crippen LogP contribution in [0, 0.1) is 0 Å². The highest BCUT2D eigenvalue weighted by atomic mass is 16.5. The van der Waals surface area contributed by atoms with Crippen molar-refractivity contribution >= 4 is 17.5 Å². The second kappa shape index (κ2) is 13.6. The number of likely N-dealkylation sites (N-methyl/N-ethyl adjacent to an activating group) is 2. The van der Waals surface area contributed by atoms with Crippen molar-refractivity contribution in [2.75, 3.05) is 53.4 Å². The third kappa shape index (κ3) is 7.63. The van der Waals surface area contributed by atoms with Crippen LogP contribution in [0.2, 0.25) is 0 Å². The van der Waals surface area contributed by atoms with E-state index in [4.69, 9.17) is 4.74 Å². The lowest BCUT2D eigenvalue weighted by Gasteiger charge is -2.32. The maximum absolute atomic E-state index is 13.2. The van der Waals surface area contributed by atoms with Crippen molar-refractivity contribution in [3.05, 3.63) is 12.2 Å². The van der Waals surface area contributed by atoms with Crippen molar-refractivity contribution in [3.63, 3.8) is 0 Å². The molecule has 1 fully saturated rings. The monoisotopic (exact) mass is 452 g/mol. The summed E-state index contributed by atoms with van der Waals surface area (Å²) < 4.78 is 6.22. The molecule has 1 amide bonds. The zero-order chi connectivity index (χ0) is 23.5. The van der Waals surface area contributed by atoms with Gasteiger partial charge in [0.2, 0.25) is 5.91 Å². The number of amidine groups is 1. The van der Waals surface area contributed by atoms with E-state index in [-0.39, 0.29) is 30.4 Å². The maximum atomic E-state index is 13.2. The Morgan fingerprint density at radius 2 is 2.25 bits per heavy atom. The van der Waals surface area contributed by atoms with Gasteiger partial charge in [-0.2, -0.15) is 0 Å². The van der Waals surface area contributed by atoms with Gasteiger partial charge in [-0.15, -0.1) is 0 Å². The largest absolute Gasteiger partial charge is 0.396 e. The minimum atomic E-state index is -0.627. The summed E-state index contributed by atoms with van der Waals surface area (Å²) in [7, 11) is 3.58. The van der Waals surface area contributed by atoms with Gasteiger partial charge in [-0.25, -0.2) is 4.90 Å². The van der Waals surface area contributed by atoms with Gasteiger partial charge < -0.3 is 30.7 Å². The van der Waals surface area contributed by atoms with Gasteiger partial charge in [0, 0.05) is 58.7 Å². The van der Waals surface area contributed by atoms with Gasteiger partial charge >= 0.3 is 0 Å². The second-order valence-corrected chi connectivity index (χ2v) is 8.26. The van der Waals surface area contributed by atoms with Crippen LogP contribution < -0.4 is 16.0 Å². The highest BCUT2D eigenvalue weighted by Gasteiger charge is 2.44. The van der Waals surface area contributed by atoms with Gasteiger partial charge in [0.15, 0.2) is 12.4 Å². The van der Waals surface area contributed by atoms with E-state index >= 15 is 0 Å². The van der Waals surface area contributed by atoms with Gasteiger partial charge in [0.1, 0.15) is 11.6 Å². The molecule has 0 spiro atoms. The average Bonchev–Trinajstić information content (AvgIpc) is 3.11. The summed E-state index contributed by atoms with van der Waals surface area (Å²) in [5.74, 6) is 0.495. The highest BCUT2D eigenvalue weighted by molar-refractivity contribution is 6.08.